The second-order valence-electron chi connectivity index (χ2n) is 7.31. The van der Waals surface area contributed by atoms with Crippen LogP contribution in [-0.2, 0) is 0 Å². The molecule has 1 aromatic carbocycles. The predicted octanol–water partition coefficient (Wildman–Crippen LogP) is 3.41. The van der Waals surface area contributed by atoms with Crippen molar-refractivity contribution in [1.82, 2.24) is 24.9 Å². The van der Waals surface area contributed by atoms with E-state index in [0.717, 1.165) is 43.1 Å². The second kappa shape index (κ2) is 7.58. The van der Waals surface area contributed by atoms with E-state index in [1.807, 2.05) is 31.2 Å². The molecule has 0 amide bonds. The van der Waals surface area contributed by atoms with Crippen molar-refractivity contribution in [2.24, 2.45) is 0 Å². The third kappa shape index (κ3) is 3.61. The van der Waals surface area contributed by atoms with E-state index in [1.165, 1.54) is 12.5 Å². The molecular formula is C21H21N7O2. The fourth-order valence-electron chi connectivity index (χ4n) is 3.63. The molecule has 0 aliphatic carbocycles. The molecule has 3 aromatic heterocycles. The maximum absolute atomic E-state index is 12.2. The number of anilines is 3. The van der Waals surface area contributed by atoms with Crippen LogP contribution in [0.15, 0.2) is 45.7 Å². The van der Waals surface area contributed by atoms with Gasteiger partial charge in [-0.3, -0.25) is 15.1 Å². The number of nitrogens with one attached hydrogen (secondary N) is 2. The monoisotopic (exact) mass is 403 g/mol. The lowest BCUT2D eigenvalue weighted by Crippen LogP contribution is -2.31. The van der Waals surface area contributed by atoms with Crippen LogP contribution in [-0.4, -0.2) is 38.0 Å². The molecule has 5 rings (SSSR count). The minimum absolute atomic E-state index is 0.239. The number of rotatable bonds is 4. The molecule has 4 heterocycles. The first-order valence-corrected chi connectivity index (χ1v) is 9.99. The highest BCUT2D eigenvalue weighted by molar-refractivity contribution is 5.74. The maximum atomic E-state index is 12.2. The quantitative estimate of drug-likeness (QED) is 0.533. The molecule has 2 N–H and O–H groups in total. The largest absolute Gasteiger partial charge is 0.423 e. The van der Waals surface area contributed by atoms with Crippen molar-refractivity contribution in [1.29, 1.82) is 0 Å². The van der Waals surface area contributed by atoms with E-state index in [-0.39, 0.29) is 17.5 Å². The lowest BCUT2D eigenvalue weighted by atomic mass is 10.1. The normalized spacial score (nSPS) is 14.2. The number of hydrogen-bond acceptors (Lipinski definition) is 8. The molecule has 0 radical (unpaired) electrons. The number of H-pyrrole nitrogens is 1. The van der Waals surface area contributed by atoms with Crippen molar-refractivity contribution in [2.75, 3.05) is 23.3 Å². The van der Waals surface area contributed by atoms with Crippen molar-refractivity contribution < 1.29 is 4.42 Å². The number of oxazole rings is 1. The highest BCUT2D eigenvalue weighted by Crippen LogP contribution is 2.24. The highest BCUT2D eigenvalue weighted by atomic mass is 16.4. The molecule has 1 aliphatic heterocycles. The molecule has 9 heteroatoms. The molecule has 0 bridgehead atoms. The fourth-order valence-corrected chi connectivity index (χ4v) is 3.63. The smallest absolute Gasteiger partial charge is 0.302 e. The third-order valence-corrected chi connectivity index (χ3v) is 5.14. The lowest BCUT2D eigenvalue weighted by molar-refractivity contribution is 0.568. The van der Waals surface area contributed by atoms with Crippen LogP contribution in [0.2, 0.25) is 0 Å². The number of benzene rings is 1. The van der Waals surface area contributed by atoms with Crippen LogP contribution in [0.1, 0.15) is 25.0 Å². The van der Waals surface area contributed by atoms with E-state index in [4.69, 9.17) is 4.42 Å². The van der Waals surface area contributed by atoms with Crippen molar-refractivity contribution in [3.63, 3.8) is 0 Å². The van der Waals surface area contributed by atoms with Crippen LogP contribution in [0.25, 0.3) is 22.4 Å². The average Bonchev–Trinajstić information content (AvgIpc) is 3.16. The van der Waals surface area contributed by atoms with Gasteiger partial charge in [0, 0.05) is 30.9 Å². The van der Waals surface area contributed by atoms with Gasteiger partial charge in [-0.15, -0.1) is 0 Å². The molecule has 9 nitrogen and oxygen atoms in total. The van der Waals surface area contributed by atoms with Gasteiger partial charge >= 0.3 is 6.01 Å². The Labute approximate surface area is 172 Å². The SMILES string of the molecule is Cc1nc(N2CCCCC2)ncc1-c1cc(=O)[nH]c(Nc2nc3ccccc3o2)n1. The Morgan fingerprint density at radius 3 is 2.73 bits per heavy atom. The maximum Gasteiger partial charge on any atom is 0.302 e. The van der Waals surface area contributed by atoms with Gasteiger partial charge < -0.3 is 9.32 Å². The molecule has 1 fully saturated rings. The Balaban J connectivity index is 1.44. The van der Waals surface area contributed by atoms with Gasteiger partial charge in [-0.05, 0) is 38.3 Å². The summed E-state index contributed by atoms with van der Waals surface area (Å²) < 4.78 is 5.65. The Morgan fingerprint density at radius 1 is 1.10 bits per heavy atom. The third-order valence-electron chi connectivity index (χ3n) is 5.14. The van der Waals surface area contributed by atoms with Crippen LogP contribution in [0.3, 0.4) is 0 Å². The Hall–Kier alpha value is -3.75. The predicted molar refractivity (Wildman–Crippen MR) is 114 cm³/mol. The van der Waals surface area contributed by atoms with Gasteiger partial charge in [0.1, 0.15) is 5.52 Å². The number of hydrogen-bond donors (Lipinski definition) is 2. The Kier molecular flexibility index (Phi) is 4.62. The van der Waals surface area contributed by atoms with Crippen LogP contribution in [0.5, 0.6) is 0 Å². The summed E-state index contributed by atoms with van der Waals surface area (Å²) in [6.07, 6.45) is 5.30. The summed E-state index contributed by atoms with van der Waals surface area (Å²) in [5.74, 6) is 0.967. The van der Waals surface area contributed by atoms with Gasteiger partial charge in [-0.25, -0.2) is 15.0 Å². The zero-order chi connectivity index (χ0) is 20.5. The van der Waals surface area contributed by atoms with Gasteiger partial charge in [0.25, 0.3) is 5.56 Å². The number of fused-ring (bicyclic) bond motifs is 1. The number of para-hydroxylation sites is 2. The number of aromatic amines is 1. The molecule has 0 spiro atoms. The molecule has 152 valence electrons. The molecule has 4 aromatic rings. The number of aryl methyl sites for hydroxylation is 1. The molecular weight excluding hydrogens is 382 g/mol. The lowest BCUT2D eigenvalue weighted by Gasteiger charge is -2.26. The summed E-state index contributed by atoms with van der Waals surface area (Å²) in [6.45, 7) is 3.85. The molecule has 1 saturated heterocycles. The molecule has 0 saturated carbocycles. The first-order valence-electron chi connectivity index (χ1n) is 9.99. The van der Waals surface area contributed by atoms with E-state index in [1.54, 1.807) is 6.20 Å². The van der Waals surface area contributed by atoms with Crippen LogP contribution < -0.4 is 15.8 Å². The average molecular weight is 403 g/mol. The summed E-state index contributed by atoms with van der Waals surface area (Å²) in [5.41, 5.74) is 3.05. The van der Waals surface area contributed by atoms with Crippen LogP contribution in [0, 0.1) is 6.92 Å². The standard InChI is InChI=1S/C21H21N7O2/c1-13-14(12-22-20(23-13)28-9-5-2-6-10-28)16-11-18(29)26-19(24-16)27-21-25-15-7-3-4-8-17(15)30-21/h3-4,7-8,11-12H,2,5-6,9-10H2,1H3,(H2,24,25,26,27,29). The van der Waals surface area contributed by atoms with E-state index < -0.39 is 0 Å². The first kappa shape index (κ1) is 18.3. The minimum atomic E-state index is -0.293. The molecule has 1 aliphatic rings. The van der Waals surface area contributed by atoms with Crippen molar-refractivity contribution in [3.8, 4) is 11.3 Å². The van der Waals surface area contributed by atoms with Crippen molar-refractivity contribution in [2.45, 2.75) is 26.2 Å². The van der Waals surface area contributed by atoms with E-state index in [9.17, 15) is 4.79 Å². The Morgan fingerprint density at radius 2 is 1.93 bits per heavy atom. The summed E-state index contributed by atoms with van der Waals surface area (Å²) in [5, 5.41) is 2.93. The minimum Gasteiger partial charge on any atom is -0.423 e. The number of piperidine rings is 1. The summed E-state index contributed by atoms with van der Waals surface area (Å²) in [6, 6.07) is 9.11. The number of aromatic nitrogens is 5. The molecule has 30 heavy (non-hydrogen) atoms. The van der Waals surface area contributed by atoms with E-state index in [2.05, 4.69) is 35.1 Å². The topological polar surface area (TPSA) is 113 Å². The zero-order valence-corrected chi connectivity index (χ0v) is 16.6. The van der Waals surface area contributed by atoms with Crippen LogP contribution in [0.4, 0.5) is 17.9 Å². The number of nitrogens with zero attached hydrogens (tertiary/aromatic N) is 5. The van der Waals surface area contributed by atoms with Crippen molar-refractivity contribution in [3.05, 3.63) is 52.6 Å². The summed E-state index contributed by atoms with van der Waals surface area (Å²) in [7, 11) is 0. The van der Waals surface area contributed by atoms with Gasteiger partial charge in [0.15, 0.2) is 5.58 Å². The zero-order valence-electron chi connectivity index (χ0n) is 16.6. The van der Waals surface area contributed by atoms with Crippen molar-refractivity contribution >= 4 is 29.0 Å². The van der Waals surface area contributed by atoms with E-state index >= 15 is 0 Å². The molecule has 0 atom stereocenters. The molecule has 0 unspecified atom stereocenters. The fraction of sp³-hybridized carbons (Fsp3) is 0.286. The van der Waals surface area contributed by atoms with Gasteiger partial charge in [-0.1, -0.05) is 12.1 Å². The van der Waals surface area contributed by atoms with Gasteiger partial charge in [0.2, 0.25) is 11.9 Å². The summed E-state index contributed by atoms with van der Waals surface area (Å²) >= 11 is 0. The Bertz CT molecular complexity index is 1220. The van der Waals surface area contributed by atoms with Gasteiger partial charge in [-0.2, -0.15) is 4.98 Å². The second-order valence-corrected chi connectivity index (χ2v) is 7.31. The first-order chi connectivity index (χ1) is 14.7. The van der Waals surface area contributed by atoms with Gasteiger partial charge in [0.05, 0.1) is 11.4 Å². The van der Waals surface area contributed by atoms with E-state index in [0.29, 0.717) is 16.8 Å². The van der Waals surface area contributed by atoms with Crippen LogP contribution >= 0.6 is 0 Å². The highest BCUT2D eigenvalue weighted by Gasteiger charge is 2.16. The summed E-state index contributed by atoms with van der Waals surface area (Å²) in [4.78, 5) is 35.1.